The number of ether oxygens (including phenoxy) is 1. The number of rotatable bonds is 4. The number of benzene rings is 2. The fraction of sp³-hybridized carbons (Fsp3) is 0.250. The summed E-state index contributed by atoms with van der Waals surface area (Å²) in [5, 5.41) is 10.4. The summed E-state index contributed by atoms with van der Waals surface area (Å²) in [6.07, 6.45) is 1.21. The van der Waals surface area contributed by atoms with Gasteiger partial charge >= 0.3 is 5.97 Å². The fourth-order valence-corrected chi connectivity index (χ4v) is 3.60. The van der Waals surface area contributed by atoms with E-state index in [9.17, 15) is 9.90 Å². The Morgan fingerprint density at radius 3 is 2.75 bits per heavy atom. The maximum Gasteiger partial charge on any atom is 0.307 e. The minimum atomic E-state index is -0.712. The Morgan fingerprint density at radius 1 is 1.21 bits per heavy atom. The summed E-state index contributed by atoms with van der Waals surface area (Å²) in [6, 6.07) is 16.1. The van der Waals surface area contributed by atoms with Crippen molar-refractivity contribution in [3.05, 3.63) is 65.4 Å². The topological polar surface area (TPSA) is 51.5 Å². The van der Waals surface area contributed by atoms with Crippen molar-refractivity contribution >= 4 is 16.9 Å². The zero-order chi connectivity index (χ0) is 16.7. The van der Waals surface area contributed by atoms with Crippen LogP contribution in [-0.4, -0.2) is 15.6 Å². The quantitative estimate of drug-likeness (QED) is 0.799. The summed E-state index contributed by atoms with van der Waals surface area (Å²) in [4.78, 5) is 11.3. The Hall–Kier alpha value is -2.75. The largest absolute Gasteiger partial charge is 0.489 e. The first-order valence-electron chi connectivity index (χ1n) is 8.13. The van der Waals surface area contributed by atoms with Gasteiger partial charge in [0, 0.05) is 30.1 Å². The average molecular weight is 321 g/mol. The zero-order valence-electron chi connectivity index (χ0n) is 13.5. The van der Waals surface area contributed by atoms with Gasteiger partial charge in [0.15, 0.2) is 0 Å². The summed E-state index contributed by atoms with van der Waals surface area (Å²) in [5.74, 6) is -0.200. The van der Waals surface area contributed by atoms with E-state index in [4.69, 9.17) is 4.74 Å². The number of carbonyl (C=O) groups is 1. The number of fused-ring (bicyclic) bond motifs is 3. The molecule has 0 fully saturated rings. The van der Waals surface area contributed by atoms with E-state index in [1.807, 2.05) is 49.5 Å². The predicted molar refractivity (Wildman–Crippen MR) is 92.2 cm³/mol. The van der Waals surface area contributed by atoms with Gasteiger partial charge in [-0.3, -0.25) is 4.79 Å². The van der Waals surface area contributed by atoms with E-state index in [2.05, 4.69) is 10.6 Å². The highest BCUT2D eigenvalue weighted by atomic mass is 16.5. The summed E-state index contributed by atoms with van der Waals surface area (Å²) < 4.78 is 8.04. The lowest BCUT2D eigenvalue weighted by Gasteiger charge is -2.08. The van der Waals surface area contributed by atoms with Crippen LogP contribution in [0.1, 0.15) is 16.8 Å². The third kappa shape index (κ3) is 2.44. The highest BCUT2D eigenvalue weighted by molar-refractivity contribution is 5.89. The van der Waals surface area contributed by atoms with Crippen LogP contribution in [0.15, 0.2) is 48.5 Å². The van der Waals surface area contributed by atoms with Gasteiger partial charge in [0.25, 0.3) is 0 Å². The van der Waals surface area contributed by atoms with Crippen LogP contribution in [-0.2, 0) is 31.3 Å². The number of carboxylic acid groups (broad SMARTS) is 1. The van der Waals surface area contributed by atoms with Crippen LogP contribution in [0.5, 0.6) is 5.75 Å². The summed E-state index contributed by atoms with van der Waals surface area (Å²) in [5.41, 5.74) is 4.56. The highest BCUT2D eigenvalue weighted by Gasteiger charge is 2.31. The number of nitrogens with zero attached hydrogens (tertiary/aromatic N) is 1. The van der Waals surface area contributed by atoms with Crippen LogP contribution in [0.2, 0.25) is 0 Å². The van der Waals surface area contributed by atoms with Crippen molar-refractivity contribution in [2.24, 2.45) is 13.0 Å². The van der Waals surface area contributed by atoms with Gasteiger partial charge in [0.1, 0.15) is 12.4 Å². The molecule has 1 unspecified atom stereocenters. The average Bonchev–Trinajstić information content (AvgIpc) is 3.14. The molecule has 0 radical (unpaired) electrons. The van der Waals surface area contributed by atoms with Gasteiger partial charge in [0.2, 0.25) is 0 Å². The molecular formula is C20H19NO3. The number of aromatic nitrogens is 1. The molecule has 0 saturated heterocycles. The number of aryl methyl sites for hydroxylation is 1. The molecular weight excluding hydrogens is 302 g/mol. The second-order valence-electron chi connectivity index (χ2n) is 6.38. The highest BCUT2D eigenvalue weighted by Crippen LogP contribution is 2.36. The van der Waals surface area contributed by atoms with Crippen LogP contribution in [0.4, 0.5) is 0 Å². The van der Waals surface area contributed by atoms with E-state index >= 15 is 0 Å². The Bertz CT molecular complexity index is 912. The third-order valence-corrected chi connectivity index (χ3v) is 4.90. The van der Waals surface area contributed by atoms with Crippen molar-refractivity contribution in [2.45, 2.75) is 19.4 Å². The lowest BCUT2D eigenvalue weighted by Crippen LogP contribution is -2.14. The van der Waals surface area contributed by atoms with Gasteiger partial charge in [-0.2, -0.15) is 0 Å². The maximum atomic E-state index is 11.3. The molecule has 0 amide bonds. The fourth-order valence-electron chi connectivity index (χ4n) is 3.60. The molecule has 0 saturated carbocycles. The molecule has 1 aromatic heterocycles. The van der Waals surface area contributed by atoms with Crippen LogP contribution < -0.4 is 4.74 Å². The molecule has 1 aliphatic carbocycles. The first-order chi connectivity index (χ1) is 11.6. The van der Waals surface area contributed by atoms with Crippen LogP contribution in [0.25, 0.3) is 10.9 Å². The molecule has 4 heteroatoms. The van der Waals surface area contributed by atoms with Gasteiger partial charge < -0.3 is 14.4 Å². The van der Waals surface area contributed by atoms with E-state index in [1.165, 1.54) is 0 Å². The lowest BCUT2D eigenvalue weighted by molar-refractivity contribution is -0.141. The Morgan fingerprint density at radius 2 is 2.00 bits per heavy atom. The Labute approximate surface area is 140 Å². The van der Waals surface area contributed by atoms with Gasteiger partial charge in [0.05, 0.1) is 5.92 Å². The maximum absolute atomic E-state index is 11.3. The Kier molecular flexibility index (Phi) is 3.53. The number of carboxylic acids is 1. The monoisotopic (exact) mass is 321 g/mol. The van der Waals surface area contributed by atoms with E-state index in [0.29, 0.717) is 19.4 Å². The predicted octanol–water partition coefficient (Wildman–Crippen LogP) is 3.56. The van der Waals surface area contributed by atoms with Crippen molar-refractivity contribution in [2.75, 3.05) is 0 Å². The van der Waals surface area contributed by atoms with Crippen molar-refractivity contribution in [3.8, 4) is 5.75 Å². The van der Waals surface area contributed by atoms with Crippen LogP contribution in [0, 0.1) is 5.92 Å². The molecule has 1 N–H and O–H groups in total. The van der Waals surface area contributed by atoms with E-state index in [0.717, 1.165) is 33.5 Å². The van der Waals surface area contributed by atoms with Gasteiger partial charge in [-0.25, -0.2) is 0 Å². The molecule has 4 nitrogen and oxygen atoms in total. The third-order valence-electron chi connectivity index (χ3n) is 4.90. The van der Waals surface area contributed by atoms with Crippen LogP contribution in [0.3, 0.4) is 0 Å². The number of aliphatic carboxylic acids is 1. The van der Waals surface area contributed by atoms with Crippen molar-refractivity contribution in [3.63, 3.8) is 0 Å². The molecule has 1 atom stereocenters. The standard InChI is InChI=1S/C20H19NO3/c1-21-18-8-7-15(24-12-13-5-3-2-4-6-13)11-17(18)16-9-14(20(22)23)10-19(16)21/h2-8,11,14H,9-10,12H2,1H3,(H,22,23). The second kappa shape index (κ2) is 5.71. The molecule has 0 aliphatic heterocycles. The second-order valence-corrected chi connectivity index (χ2v) is 6.38. The number of hydrogen-bond donors (Lipinski definition) is 1. The molecule has 3 aromatic rings. The molecule has 1 heterocycles. The normalized spacial score (nSPS) is 16.3. The molecule has 122 valence electrons. The van der Waals surface area contributed by atoms with Crippen LogP contribution >= 0.6 is 0 Å². The van der Waals surface area contributed by atoms with Gasteiger partial charge in [-0.05, 0) is 35.7 Å². The van der Waals surface area contributed by atoms with Gasteiger partial charge in [-0.1, -0.05) is 30.3 Å². The minimum absolute atomic E-state index is 0.306. The van der Waals surface area contributed by atoms with Crippen molar-refractivity contribution < 1.29 is 14.6 Å². The summed E-state index contributed by atoms with van der Waals surface area (Å²) in [7, 11) is 2.01. The summed E-state index contributed by atoms with van der Waals surface area (Å²) in [6.45, 7) is 0.527. The van der Waals surface area contributed by atoms with Crippen molar-refractivity contribution in [1.29, 1.82) is 0 Å². The van der Waals surface area contributed by atoms with Gasteiger partial charge in [-0.15, -0.1) is 0 Å². The molecule has 2 aromatic carbocycles. The van der Waals surface area contributed by atoms with E-state index in [1.54, 1.807) is 0 Å². The Balaban J connectivity index is 1.64. The molecule has 0 spiro atoms. The van der Waals surface area contributed by atoms with Crippen molar-refractivity contribution in [1.82, 2.24) is 4.57 Å². The number of hydrogen-bond acceptors (Lipinski definition) is 2. The molecule has 0 bridgehead atoms. The molecule has 24 heavy (non-hydrogen) atoms. The van der Waals surface area contributed by atoms with E-state index < -0.39 is 5.97 Å². The zero-order valence-corrected chi connectivity index (χ0v) is 13.5. The van der Waals surface area contributed by atoms with E-state index in [-0.39, 0.29) is 5.92 Å². The first kappa shape index (κ1) is 14.8. The first-order valence-corrected chi connectivity index (χ1v) is 8.13. The smallest absolute Gasteiger partial charge is 0.307 e. The molecule has 1 aliphatic rings. The minimum Gasteiger partial charge on any atom is -0.489 e. The lowest BCUT2D eigenvalue weighted by atomic mass is 10.1. The summed E-state index contributed by atoms with van der Waals surface area (Å²) >= 11 is 0. The SMILES string of the molecule is Cn1c2c(c3cc(OCc4ccccc4)ccc31)CC(C(=O)O)C2. The molecule has 4 rings (SSSR count).